The van der Waals surface area contributed by atoms with Crippen molar-refractivity contribution in [2.75, 3.05) is 6.61 Å². The van der Waals surface area contributed by atoms with Gasteiger partial charge in [-0.1, -0.05) is 0 Å². The lowest BCUT2D eigenvalue weighted by Gasteiger charge is -2.26. The fourth-order valence-electron chi connectivity index (χ4n) is 3.11. The molecular weight excluding hydrogens is 372 g/mol. The Hall–Kier alpha value is -2.13. The Bertz CT molecular complexity index is 781. The Balaban J connectivity index is 1.50. The standard InChI is InChI=1S/C18H24N2O6S/c21-17(19-13-5-6-13)11-26-15-7-9-16(10-8-15)27(24,25)20-14-3-1-12(2-4-14)18(22)23/h7-10,12-14,20H,1-6,11H2,(H,19,21)(H,22,23). The van der Waals surface area contributed by atoms with Gasteiger partial charge < -0.3 is 15.2 Å². The molecule has 0 aliphatic heterocycles. The Kier molecular flexibility index (Phi) is 6.01. The number of sulfonamides is 1. The van der Waals surface area contributed by atoms with Crippen LogP contribution in [0, 0.1) is 5.92 Å². The van der Waals surface area contributed by atoms with Crippen LogP contribution >= 0.6 is 0 Å². The van der Waals surface area contributed by atoms with E-state index in [1.165, 1.54) is 24.3 Å². The first-order valence-corrected chi connectivity index (χ1v) is 10.6. The molecule has 0 atom stereocenters. The fraction of sp³-hybridized carbons (Fsp3) is 0.556. The SMILES string of the molecule is O=C(COc1ccc(S(=O)(=O)NC2CCC(C(=O)O)CC2)cc1)NC1CC1. The van der Waals surface area contributed by atoms with Crippen LogP contribution in [0.1, 0.15) is 38.5 Å². The zero-order chi connectivity index (χ0) is 19.4. The van der Waals surface area contributed by atoms with Gasteiger partial charge in [0.15, 0.2) is 6.61 Å². The molecule has 0 radical (unpaired) electrons. The number of carbonyl (C=O) groups excluding carboxylic acids is 1. The van der Waals surface area contributed by atoms with Crippen molar-refractivity contribution in [3.8, 4) is 5.75 Å². The third-order valence-corrected chi connectivity index (χ3v) is 6.38. The Morgan fingerprint density at radius 1 is 1.00 bits per heavy atom. The lowest BCUT2D eigenvalue weighted by molar-refractivity contribution is -0.142. The highest BCUT2D eigenvalue weighted by Gasteiger charge is 2.29. The molecule has 8 nitrogen and oxygen atoms in total. The zero-order valence-electron chi connectivity index (χ0n) is 14.9. The summed E-state index contributed by atoms with van der Waals surface area (Å²) < 4.78 is 33.0. The maximum Gasteiger partial charge on any atom is 0.306 e. The second kappa shape index (κ2) is 8.26. The van der Waals surface area contributed by atoms with Crippen LogP contribution < -0.4 is 14.8 Å². The zero-order valence-corrected chi connectivity index (χ0v) is 15.7. The highest BCUT2D eigenvalue weighted by atomic mass is 32.2. The van der Waals surface area contributed by atoms with Crippen molar-refractivity contribution in [1.82, 2.24) is 10.0 Å². The summed E-state index contributed by atoms with van der Waals surface area (Å²) in [4.78, 5) is 22.7. The first-order valence-electron chi connectivity index (χ1n) is 9.11. The maximum atomic E-state index is 12.5. The van der Waals surface area contributed by atoms with E-state index in [2.05, 4.69) is 10.0 Å². The van der Waals surface area contributed by atoms with E-state index in [0.717, 1.165) is 12.8 Å². The number of carbonyl (C=O) groups is 2. The van der Waals surface area contributed by atoms with Gasteiger partial charge in [0.05, 0.1) is 10.8 Å². The van der Waals surface area contributed by atoms with Crippen molar-refractivity contribution >= 4 is 21.9 Å². The van der Waals surface area contributed by atoms with Crippen molar-refractivity contribution < 1.29 is 27.9 Å². The molecule has 27 heavy (non-hydrogen) atoms. The van der Waals surface area contributed by atoms with E-state index in [-0.39, 0.29) is 35.4 Å². The van der Waals surface area contributed by atoms with Crippen LogP contribution in [0.2, 0.25) is 0 Å². The monoisotopic (exact) mass is 396 g/mol. The molecule has 3 N–H and O–H groups in total. The van der Waals surface area contributed by atoms with Gasteiger partial charge in [0.1, 0.15) is 5.75 Å². The molecule has 3 rings (SSSR count). The molecule has 0 unspecified atom stereocenters. The molecular formula is C18H24N2O6S. The van der Waals surface area contributed by atoms with E-state index >= 15 is 0 Å². The summed E-state index contributed by atoms with van der Waals surface area (Å²) in [6, 6.07) is 5.90. The molecule has 0 spiro atoms. The minimum absolute atomic E-state index is 0.104. The van der Waals surface area contributed by atoms with E-state index in [9.17, 15) is 18.0 Å². The van der Waals surface area contributed by atoms with Gasteiger partial charge in [0.2, 0.25) is 10.0 Å². The first kappa shape index (κ1) is 19.6. The molecule has 1 amide bonds. The number of amides is 1. The molecule has 2 saturated carbocycles. The molecule has 0 heterocycles. The number of aliphatic carboxylic acids is 1. The van der Waals surface area contributed by atoms with Gasteiger partial charge in [-0.2, -0.15) is 0 Å². The topological polar surface area (TPSA) is 122 Å². The van der Waals surface area contributed by atoms with E-state index < -0.39 is 16.0 Å². The smallest absolute Gasteiger partial charge is 0.306 e. The maximum absolute atomic E-state index is 12.5. The van der Waals surface area contributed by atoms with Crippen LogP contribution in [0.5, 0.6) is 5.75 Å². The van der Waals surface area contributed by atoms with Crippen molar-refractivity contribution in [3.05, 3.63) is 24.3 Å². The predicted octanol–water partition coefficient (Wildman–Crippen LogP) is 1.27. The lowest BCUT2D eigenvalue weighted by Crippen LogP contribution is -2.38. The number of rotatable bonds is 8. The van der Waals surface area contributed by atoms with Crippen molar-refractivity contribution in [2.45, 2.75) is 55.5 Å². The minimum atomic E-state index is -3.69. The summed E-state index contributed by atoms with van der Waals surface area (Å²) in [6.45, 7) is -0.104. The number of benzene rings is 1. The third-order valence-electron chi connectivity index (χ3n) is 4.84. The van der Waals surface area contributed by atoms with Gasteiger partial charge in [0, 0.05) is 12.1 Å². The number of hydrogen-bond acceptors (Lipinski definition) is 5. The number of ether oxygens (including phenoxy) is 1. The molecule has 2 aliphatic rings. The first-order chi connectivity index (χ1) is 12.8. The van der Waals surface area contributed by atoms with Crippen LogP contribution in [0.4, 0.5) is 0 Å². The van der Waals surface area contributed by atoms with E-state index in [1.54, 1.807) is 0 Å². The van der Waals surface area contributed by atoms with Gasteiger partial charge in [-0.3, -0.25) is 9.59 Å². The highest BCUT2D eigenvalue weighted by Crippen LogP contribution is 2.26. The van der Waals surface area contributed by atoms with E-state index in [4.69, 9.17) is 9.84 Å². The van der Waals surface area contributed by atoms with Gasteiger partial charge in [-0.15, -0.1) is 0 Å². The molecule has 2 fully saturated rings. The molecule has 2 aliphatic carbocycles. The number of hydrogen-bond donors (Lipinski definition) is 3. The molecule has 1 aromatic carbocycles. The van der Waals surface area contributed by atoms with Gasteiger partial charge in [-0.05, 0) is 62.8 Å². The van der Waals surface area contributed by atoms with E-state index in [0.29, 0.717) is 31.4 Å². The largest absolute Gasteiger partial charge is 0.484 e. The average Bonchev–Trinajstić information content (AvgIpc) is 3.44. The molecule has 148 valence electrons. The second-order valence-corrected chi connectivity index (χ2v) is 8.82. The van der Waals surface area contributed by atoms with Crippen molar-refractivity contribution in [2.24, 2.45) is 5.92 Å². The van der Waals surface area contributed by atoms with Crippen LogP contribution in [-0.4, -0.2) is 44.1 Å². The van der Waals surface area contributed by atoms with Gasteiger partial charge >= 0.3 is 5.97 Å². The molecule has 9 heteroatoms. The summed E-state index contributed by atoms with van der Waals surface area (Å²) in [5.74, 6) is -0.980. The molecule has 1 aromatic rings. The molecule has 0 saturated heterocycles. The van der Waals surface area contributed by atoms with E-state index in [1.807, 2.05) is 0 Å². The summed E-state index contributed by atoms with van der Waals surface area (Å²) in [6.07, 6.45) is 3.96. The fourth-order valence-corrected chi connectivity index (χ4v) is 4.41. The molecule has 0 bridgehead atoms. The summed E-state index contributed by atoms with van der Waals surface area (Å²) >= 11 is 0. The summed E-state index contributed by atoms with van der Waals surface area (Å²) in [7, 11) is -3.69. The second-order valence-electron chi connectivity index (χ2n) is 7.11. The average molecular weight is 396 g/mol. The van der Waals surface area contributed by atoms with Gasteiger partial charge in [0.25, 0.3) is 5.91 Å². The number of carboxylic acid groups (broad SMARTS) is 1. The van der Waals surface area contributed by atoms with Crippen LogP contribution in [0.3, 0.4) is 0 Å². The van der Waals surface area contributed by atoms with Crippen LogP contribution in [-0.2, 0) is 19.6 Å². The minimum Gasteiger partial charge on any atom is -0.484 e. The lowest BCUT2D eigenvalue weighted by atomic mass is 9.87. The van der Waals surface area contributed by atoms with Crippen molar-refractivity contribution in [3.63, 3.8) is 0 Å². The Labute approximate surface area is 158 Å². The number of nitrogens with one attached hydrogen (secondary N) is 2. The summed E-state index contributed by atoms with van der Waals surface area (Å²) in [5, 5.41) is 11.8. The summed E-state index contributed by atoms with van der Waals surface area (Å²) in [5.41, 5.74) is 0. The predicted molar refractivity (Wildman–Crippen MR) is 96.8 cm³/mol. The van der Waals surface area contributed by atoms with Crippen LogP contribution in [0.25, 0.3) is 0 Å². The quantitative estimate of drug-likeness (QED) is 0.608. The van der Waals surface area contributed by atoms with Gasteiger partial charge in [-0.25, -0.2) is 13.1 Å². The molecule has 0 aromatic heterocycles. The Morgan fingerprint density at radius 2 is 1.59 bits per heavy atom. The Morgan fingerprint density at radius 3 is 2.15 bits per heavy atom. The highest BCUT2D eigenvalue weighted by molar-refractivity contribution is 7.89. The van der Waals surface area contributed by atoms with Crippen molar-refractivity contribution in [1.29, 1.82) is 0 Å². The number of carboxylic acids is 1. The van der Waals surface area contributed by atoms with Crippen LogP contribution in [0.15, 0.2) is 29.2 Å². The third kappa shape index (κ3) is 5.67. The normalized spacial score (nSPS) is 22.8.